The maximum atomic E-state index is 15.6. The summed E-state index contributed by atoms with van der Waals surface area (Å²) in [5, 5.41) is 16.5. The normalized spacial score (nSPS) is 23.3. The summed E-state index contributed by atoms with van der Waals surface area (Å²) in [5.74, 6) is -4.13. The van der Waals surface area contributed by atoms with Crippen molar-refractivity contribution in [2.24, 2.45) is 5.41 Å². The number of carbonyl (C=O) groups excluding carboxylic acids is 2. The summed E-state index contributed by atoms with van der Waals surface area (Å²) in [6.07, 6.45) is 0.331. The highest BCUT2D eigenvalue weighted by atomic mass is 35.5. The highest BCUT2D eigenvalue weighted by Gasteiger charge is 2.61. The van der Waals surface area contributed by atoms with Crippen LogP contribution in [0.4, 0.5) is 8.78 Å². The van der Waals surface area contributed by atoms with Crippen molar-refractivity contribution in [3.63, 3.8) is 0 Å². The molecule has 0 radical (unpaired) electrons. The van der Waals surface area contributed by atoms with Gasteiger partial charge < -0.3 is 15.4 Å². The van der Waals surface area contributed by atoms with Gasteiger partial charge in [-0.05, 0) is 56.4 Å². The van der Waals surface area contributed by atoms with Crippen LogP contribution in [0.3, 0.4) is 0 Å². The molecule has 2 aromatic rings. The van der Waals surface area contributed by atoms with Gasteiger partial charge in [0.25, 0.3) is 0 Å². The first-order valence-electron chi connectivity index (χ1n) is 12.6. The van der Waals surface area contributed by atoms with Crippen LogP contribution < -0.4 is 10.6 Å². The first-order valence-corrected chi connectivity index (χ1v) is 13.3. The van der Waals surface area contributed by atoms with Gasteiger partial charge in [-0.1, -0.05) is 62.2 Å². The molecule has 0 spiro atoms. The van der Waals surface area contributed by atoms with E-state index in [4.69, 9.17) is 27.9 Å². The molecule has 1 saturated heterocycles. The van der Waals surface area contributed by atoms with Crippen LogP contribution in [0.15, 0.2) is 36.4 Å². The molecule has 1 fully saturated rings. The zero-order chi connectivity index (χ0) is 29.3. The quantitative estimate of drug-likeness (QED) is 0.406. The van der Waals surface area contributed by atoms with Gasteiger partial charge >= 0.3 is 5.97 Å². The number of hydrogen-bond acceptors (Lipinski definition) is 5. The van der Waals surface area contributed by atoms with Crippen LogP contribution in [0.2, 0.25) is 10.0 Å². The molecule has 39 heavy (non-hydrogen) atoms. The molecule has 0 bridgehead atoms. The molecule has 3 rings (SSSR count). The number of rotatable bonds is 6. The van der Waals surface area contributed by atoms with Gasteiger partial charge in [-0.25, -0.2) is 8.78 Å². The fourth-order valence-electron chi connectivity index (χ4n) is 5.20. The fourth-order valence-corrected chi connectivity index (χ4v) is 5.54. The maximum absolute atomic E-state index is 15.6. The van der Waals surface area contributed by atoms with Gasteiger partial charge in [0.1, 0.15) is 29.2 Å². The summed E-state index contributed by atoms with van der Waals surface area (Å²) in [6.45, 7) is 10.5. The van der Waals surface area contributed by atoms with Gasteiger partial charge in [-0.15, -0.1) is 0 Å². The van der Waals surface area contributed by atoms with E-state index in [2.05, 4.69) is 16.7 Å². The zero-order valence-electron chi connectivity index (χ0n) is 22.8. The van der Waals surface area contributed by atoms with Gasteiger partial charge in [0.15, 0.2) is 0 Å². The first-order chi connectivity index (χ1) is 18.0. The van der Waals surface area contributed by atoms with Crippen LogP contribution in [-0.2, 0) is 19.7 Å². The Morgan fingerprint density at radius 1 is 1.13 bits per heavy atom. The molecule has 210 valence electrons. The minimum absolute atomic E-state index is 0.0250. The highest BCUT2D eigenvalue weighted by molar-refractivity contribution is 6.31. The second kappa shape index (κ2) is 11.4. The average Bonchev–Trinajstić information content (AvgIpc) is 3.11. The Bertz CT molecular complexity index is 1300. The van der Waals surface area contributed by atoms with E-state index in [9.17, 15) is 14.9 Å². The molecular formula is C29H33Cl2F2N3O3. The molecule has 0 aromatic heterocycles. The number of nitriles is 1. The van der Waals surface area contributed by atoms with Gasteiger partial charge in [0.05, 0.1) is 17.1 Å². The number of nitrogens with one attached hydrogen (secondary N) is 2. The standard InChI is InChI=1S/C29H33Cl2F2N3O3/c1-27(2,3)13-21-29(15-34,18-11-10-16(30)12-20(18)32)23(17-8-7-9-19(31)24(17)33)25(36-21)26(38)35-14-22(37)39-28(4,5)6/h7-12,21,23,25,36H,13-14H2,1-6H3,(H,35,38)/t21?,23?,25-,29+/m1/s1. The molecule has 1 aliphatic rings. The number of ether oxygens (including phenoxy) is 1. The van der Waals surface area contributed by atoms with E-state index < -0.39 is 59.1 Å². The lowest BCUT2D eigenvalue weighted by molar-refractivity contribution is -0.154. The number of amides is 1. The smallest absolute Gasteiger partial charge is 0.325 e. The molecule has 1 aliphatic heterocycles. The molecule has 6 nitrogen and oxygen atoms in total. The van der Waals surface area contributed by atoms with E-state index in [1.807, 2.05) is 20.8 Å². The number of benzene rings is 2. The number of hydrogen-bond donors (Lipinski definition) is 2. The molecule has 1 heterocycles. The van der Waals surface area contributed by atoms with Gasteiger partial charge in [-0.2, -0.15) is 5.26 Å². The Labute approximate surface area is 238 Å². The molecule has 2 N–H and O–H groups in total. The van der Waals surface area contributed by atoms with E-state index in [1.165, 1.54) is 30.3 Å². The van der Waals surface area contributed by atoms with Crippen molar-refractivity contribution in [3.05, 3.63) is 69.2 Å². The van der Waals surface area contributed by atoms with Gasteiger partial charge in [0, 0.05) is 22.5 Å². The Morgan fingerprint density at radius 2 is 1.79 bits per heavy atom. The topological polar surface area (TPSA) is 91.2 Å². The maximum Gasteiger partial charge on any atom is 0.325 e. The first kappa shape index (κ1) is 30.8. The summed E-state index contributed by atoms with van der Waals surface area (Å²) in [6, 6.07) is 8.49. The monoisotopic (exact) mass is 579 g/mol. The van der Waals surface area contributed by atoms with Crippen LogP contribution in [0.5, 0.6) is 0 Å². The Kier molecular flexibility index (Phi) is 9.01. The van der Waals surface area contributed by atoms with Crippen LogP contribution in [-0.4, -0.2) is 36.1 Å². The summed E-state index contributed by atoms with van der Waals surface area (Å²) in [7, 11) is 0. The molecule has 1 amide bonds. The van der Waals surface area contributed by atoms with E-state index in [0.717, 1.165) is 6.07 Å². The number of nitrogens with zero attached hydrogens (tertiary/aromatic N) is 1. The van der Waals surface area contributed by atoms with Crippen LogP contribution >= 0.6 is 23.2 Å². The molecular weight excluding hydrogens is 547 g/mol. The molecule has 10 heteroatoms. The van der Waals surface area contributed by atoms with Gasteiger partial charge in [-0.3, -0.25) is 9.59 Å². The van der Waals surface area contributed by atoms with E-state index in [1.54, 1.807) is 20.8 Å². The van der Waals surface area contributed by atoms with Gasteiger partial charge in [0.2, 0.25) is 5.91 Å². The van der Waals surface area contributed by atoms with Crippen molar-refractivity contribution in [2.75, 3.05) is 6.54 Å². The average molecular weight is 581 g/mol. The van der Waals surface area contributed by atoms with Crippen molar-refractivity contribution in [1.29, 1.82) is 5.26 Å². The largest absolute Gasteiger partial charge is 0.459 e. The molecule has 0 aliphatic carbocycles. The molecule has 0 saturated carbocycles. The number of halogens is 4. The third-order valence-corrected chi connectivity index (χ3v) is 7.09. The van der Waals surface area contributed by atoms with E-state index in [0.29, 0.717) is 6.42 Å². The van der Waals surface area contributed by atoms with Crippen LogP contribution in [0.25, 0.3) is 0 Å². The summed E-state index contributed by atoms with van der Waals surface area (Å²) in [5.41, 5.74) is -2.94. The lowest BCUT2D eigenvalue weighted by Gasteiger charge is -2.37. The summed E-state index contributed by atoms with van der Waals surface area (Å²) >= 11 is 12.2. The van der Waals surface area contributed by atoms with Crippen LogP contribution in [0.1, 0.15) is 65.0 Å². The van der Waals surface area contributed by atoms with E-state index in [-0.39, 0.29) is 26.6 Å². The summed E-state index contributed by atoms with van der Waals surface area (Å²) in [4.78, 5) is 25.9. The van der Waals surface area contributed by atoms with Crippen molar-refractivity contribution in [1.82, 2.24) is 10.6 Å². The Balaban J connectivity index is 2.21. The SMILES string of the molecule is CC(C)(C)CC1N[C@@H](C(=O)NCC(=O)OC(C)(C)C)C(c2cccc(Cl)c2F)[C@@]1(C#N)c1ccc(Cl)cc1F. The number of carbonyl (C=O) groups is 2. The zero-order valence-corrected chi connectivity index (χ0v) is 24.3. The van der Waals surface area contributed by atoms with Crippen molar-refractivity contribution in [3.8, 4) is 6.07 Å². The minimum atomic E-state index is -1.75. The molecule has 4 atom stereocenters. The second-order valence-corrected chi connectivity index (χ2v) is 12.8. The third kappa shape index (κ3) is 6.71. The lowest BCUT2D eigenvalue weighted by atomic mass is 9.62. The third-order valence-electron chi connectivity index (χ3n) is 6.56. The molecule has 2 unspecified atom stereocenters. The predicted octanol–water partition coefficient (Wildman–Crippen LogP) is 6.05. The summed E-state index contributed by atoms with van der Waals surface area (Å²) < 4.78 is 36.5. The highest BCUT2D eigenvalue weighted by Crippen LogP contribution is 2.52. The van der Waals surface area contributed by atoms with E-state index >= 15 is 8.78 Å². The Hall–Kier alpha value is -2.73. The van der Waals surface area contributed by atoms with Crippen molar-refractivity contribution < 1.29 is 23.1 Å². The predicted molar refractivity (Wildman–Crippen MR) is 146 cm³/mol. The second-order valence-electron chi connectivity index (χ2n) is 12.0. The minimum Gasteiger partial charge on any atom is -0.459 e. The van der Waals surface area contributed by atoms with Crippen molar-refractivity contribution >= 4 is 35.1 Å². The number of esters is 1. The lowest BCUT2D eigenvalue weighted by Crippen LogP contribution is -2.47. The Morgan fingerprint density at radius 3 is 2.36 bits per heavy atom. The van der Waals surface area contributed by atoms with Crippen molar-refractivity contribution in [2.45, 2.75) is 77.0 Å². The van der Waals surface area contributed by atoms with Crippen LogP contribution in [0, 0.1) is 28.4 Å². The fraction of sp³-hybridized carbons (Fsp3) is 0.483. The molecule has 2 aromatic carbocycles.